The van der Waals surface area contributed by atoms with Crippen molar-refractivity contribution in [3.63, 3.8) is 0 Å². The minimum atomic E-state index is 0.926. The van der Waals surface area contributed by atoms with Crippen molar-refractivity contribution in [2.75, 3.05) is 6.16 Å². The van der Waals surface area contributed by atoms with Crippen LogP contribution in [0.15, 0.2) is 0 Å². The Hall–Kier alpha value is 0.430. The summed E-state index contributed by atoms with van der Waals surface area (Å²) in [4.78, 5) is 0. The Balaban J connectivity index is 2.05. The summed E-state index contributed by atoms with van der Waals surface area (Å²) in [5, 5.41) is 0. The average Bonchev–Trinajstić information content (AvgIpc) is 2.03. The molecule has 1 unspecified atom stereocenters. The Kier molecular flexibility index (Phi) is 4.45. The van der Waals surface area contributed by atoms with E-state index in [9.17, 15) is 0 Å². The molecule has 1 rings (SSSR count). The lowest BCUT2D eigenvalue weighted by molar-refractivity contribution is 0.512. The Labute approximate surface area is 72.9 Å². The summed E-state index contributed by atoms with van der Waals surface area (Å²) in [6.07, 6.45) is 9.06. The molecule has 1 aliphatic carbocycles. The van der Waals surface area contributed by atoms with E-state index in [4.69, 9.17) is 0 Å². The van der Waals surface area contributed by atoms with E-state index in [1.54, 1.807) is 0 Å². The van der Waals surface area contributed by atoms with Crippen molar-refractivity contribution in [1.29, 1.82) is 0 Å². The van der Waals surface area contributed by atoms with E-state index < -0.39 is 0 Å². The van der Waals surface area contributed by atoms with Crippen LogP contribution in [0.4, 0.5) is 0 Å². The highest BCUT2D eigenvalue weighted by molar-refractivity contribution is 7.38. The normalized spacial score (nSPS) is 22.1. The fraction of sp³-hybridized carbons (Fsp3) is 1.00. The molecule has 1 saturated carbocycles. The smallest absolute Gasteiger partial charge is 0.0237 e. The molecule has 0 aromatic carbocycles. The van der Waals surface area contributed by atoms with Gasteiger partial charge in [0.1, 0.15) is 0 Å². The molecular formula is C10H21P. The lowest BCUT2D eigenvalue weighted by Crippen LogP contribution is -2.08. The Morgan fingerprint density at radius 2 is 1.82 bits per heavy atom. The summed E-state index contributed by atoms with van der Waals surface area (Å²) in [6.45, 7) is 4.69. The monoisotopic (exact) mass is 172 g/mol. The van der Waals surface area contributed by atoms with Gasteiger partial charge in [-0.3, -0.25) is 0 Å². The van der Waals surface area contributed by atoms with Gasteiger partial charge in [0.25, 0.3) is 0 Å². The zero-order chi connectivity index (χ0) is 8.10. The van der Waals surface area contributed by atoms with Crippen molar-refractivity contribution in [2.24, 2.45) is 5.92 Å². The molecule has 0 bridgehead atoms. The molecule has 1 fully saturated rings. The summed E-state index contributed by atoms with van der Waals surface area (Å²) in [7, 11) is 1.26. The van der Waals surface area contributed by atoms with Crippen molar-refractivity contribution in [3.8, 4) is 0 Å². The highest BCUT2D eigenvalue weighted by Crippen LogP contribution is 2.33. The van der Waals surface area contributed by atoms with Crippen molar-refractivity contribution in [3.05, 3.63) is 0 Å². The second-order valence-corrected chi connectivity index (χ2v) is 5.77. The van der Waals surface area contributed by atoms with Crippen LogP contribution in [0.3, 0.4) is 0 Å². The summed E-state index contributed by atoms with van der Waals surface area (Å²) in [5.41, 5.74) is 1.12. The first-order valence-electron chi connectivity index (χ1n) is 5.02. The lowest BCUT2D eigenvalue weighted by atomic mass is 10.0. The largest absolute Gasteiger partial charge is 0.119 e. The van der Waals surface area contributed by atoms with E-state index in [0.29, 0.717) is 0 Å². The average molecular weight is 172 g/mol. The van der Waals surface area contributed by atoms with Crippen LogP contribution in [0.1, 0.15) is 46.0 Å². The molecule has 0 spiro atoms. The van der Waals surface area contributed by atoms with Crippen LogP contribution in [0.25, 0.3) is 0 Å². The maximum Gasteiger partial charge on any atom is -0.0237 e. The fourth-order valence-electron chi connectivity index (χ4n) is 1.71. The minimum absolute atomic E-state index is 0.926. The third-order valence-electron chi connectivity index (χ3n) is 2.42. The van der Waals surface area contributed by atoms with Crippen LogP contribution in [-0.4, -0.2) is 11.8 Å². The molecule has 1 heteroatoms. The Morgan fingerprint density at radius 3 is 2.36 bits per heavy atom. The fourth-order valence-corrected chi connectivity index (χ4v) is 3.33. The van der Waals surface area contributed by atoms with Gasteiger partial charge in [-0.25, -0.2) is 0 Å². The standard InChI is InChI=1S/C10H21P/c1-9(2)8-11-10-6-4-3-5-7-10/h9-11H,3-8H2,1-2H3. The summed E-state index contributed by atoms with van der Waals surface area (Å²) in [6, 6.07) is 0. The van der Waals surface area contributed by atoms with Crippen molar-refractivity contribution in [2.45, 2.75) is 51.6 Å². The third-order valence-corrected chi connectivity index (χ3v) is 4.63. The van der Waals surface area contributed by atoms with Gasteiger partial charge < -0.3 is 0 Å². The first kappa shape index (κ1) is 9.52. The molecule has 0 aromatic rings. The quantitative estimate of drug-likeness (QED) is 0.570. The molecule has 0 nitrogen and oxygen atoms in total. The Bertz CT molecular complexity index is 93.0. The van der Waals surface area contributed by atoms with Gasteiger partial charge in [-0.15, -0.1) is 8.58 Å². The zero-order valence-corrected chi connectivity index (χ0v) is 8.90. The molecule has 0 amide bonds. The predicted octanol–water partition coefficient (Wildman–Crippen LogP) is 3.65. The van der Waals surface area contributed by atoms with Crippen LogP contribution in [0, 0.1) is 5.92 Å². The van der Waals surface area contributed by atoms with Gasteiger partial charge in [0.05, 0.1) is 0 Å². The molecule has 66 valence electrons. The Morgan fingerprint density at radius 1 is 1.18 bits per heavy atom. The van der Waals surface area contributed by atoms with E-state index in [-0.39, 0.29) is 0 Å². The van der Waals surface area contributed by atoms with Crippen molar-refractivity contribution >= 4 is 8.58 Å². The highest BCUT2D eigenvalue weighted by Gasteiger charge is 2.12. The first-order valence-corrected chi connectivity index (χ1v) is 6.31. The number of hydrogen-bond donors (Lipinski definition) is 0. The van der Waals surface area contributed by atoms with Crippen LogP contribution in [0.2, 0.25) is 0 Å². The van der Waals surface area contributed by atoms with Gasteiger partial charge in [0.15, 0.2) is 0 Å². The van der Waals surface area contributed by atoms with Crippen molar-refractivity contribution < 1.29 is 0 Å². The van der Waals surface area contributed by atoms with Gasteiger partial charge in [0.2, 0.25) is 0 Å². The summed E-state index contributed by atoms with van der Waals surface area (Å²) >= 11 is 0. The van der Waals surface area contributed by atoms with Crippen molar-refractivity contribution in [1.82, 2.24) is 0 Å². The summed E-state index contributed by atoms with van der Waals surface area (Å²) in [5.74, 6) is 0.926. The van der Waals surface area contributed by atoms with E-state index in [2.05, 4.69) is 13.8 Å². The molecule has 11 heavy (non-hydrogen) atoms. The number of hydrogen-bond acceptors (Lipinski definition) is 0. The maximum absolute atomic E-state index is 2.34. The van der Waals surface area contributed by atoms with Gasteiger partial charge in [-0.2, -0.15) is 0 Å². The second kappa shape index (κ2) is 5.14. The summed E-state index contributed by atoms with van der Waals surface area (Å²) < 4.78 is 0. The SMILES string of the molecule is CC(C)CPC1CCCCC1. The van der Waals surface area contributed by atoms with Crippen LogP contribution >= 0.6 is 8.58 Å². The third kappa shape index (κ3) is 4.11. The van der Waals surface area contributed by atoms with E-state index >= 15 is 0 Å². The molecule has 1 aliphatic rings. The van der Waals surface area contributed by atoms with E-state index in [1.165, 1.54) is 46.8 Å². The molecule has 1 atom stereocenters. The van der Waals surface area contributed by atoms with Gasteiger partial charge in [0, 0.05) is 0 Å². The molecule has 0 heterocycles. The van der Waals surface area contributed by atoms with Gasteiger partial charge in [-0.05, 0) is 30.6 Å². The molecular weight excluding hydrogens is 151 g/mol. The molecule has 0 saturated heterocycles. The van der Waals surface area contributed by atoms with Gasteiger partial charge in [-0.1, -0.05) is 33.1 Å². The topological polar surface area (TPSA) is 0 Å². The van der Waals surface area contributed by atoms with Gasteiger partial charge >= 0.3 is 0 Å². The number of rotatable bonds is 3. The minimum Gasteiger partial charge on any atom is -0.119 e. The zero-order valence-electron chi connectivity index (χ0n) is 7.90. The van der Waals surface area contributed by atoms with E-state index in [1.807, 2.05) is 0 Å². The predicted molar refractivity (Wildman–Crippen MR) is 54.9 cm³/mol. The molecule has 0 aliphatic heterocycles. The lowest BCUT2D eigenvalue weighted by Gasteiger charge is -2.22. The maximum atomic E-state index is 2.34. The molecule has 0 aromatic heterocycles. The van der Waals surface area contributed by atoms with Crippen LogP contribution < -0.4 is 0 Å². The van der Waals surface area contributed by atoms with Crippen LogP contribution in [0.5, 0.6) is 0 Å². The van der Waals surface area contributed by atoms with Crippen LogP contribution in [-0.2, 0) is 0 Å². The molecule has 0 N–H and O–H groups in total. The molecule has 0 radical (unpaired) electrons. The first-order chi connectivity index (χ1) is 5.29. The second-order valence-electron chi connectivity index (χ2n) is 4.14. The van der Waals surface area contributed by atoms with E-state index in [0.717, 1.165) is 11.6 Å². The highest BCUT2D eigenvalue weighted by atomic mass is 31.1.